The minimum atomic E-state index is 0.0712. The van der Waals surface area contributed by atoms with Gasteiger partial charge in [0.15, 0.2) is 0 Å². The van der Waals surface area contributed by atoms with Gasteiger partial charge in [-0.15, -0.1) is 0 Å². The predicted molar refractivity (Wildman–Crippen MR) is 84.3 cm³/mol. The van der Waals surface area contributed by atoms with Gasteiger partial charge in [0.25, 0.3) is 0 Å². The Balaban J connectivity index is 2.13. The average molecular weight is 269 g/mol. The number of rotatable bonds is 5. The fraction of sp³-hybridized carbons (Fsp3) is 0.333. The molecule has 0 saturated heterocycles. The summed E-state index contributed by atoms with van der Waals surface area (Å²) in [5, 5.41) is 0. The summed E-state index contributed by atoms with van der Waals surface area (Å²) in [6, 6.07) is 16.3. The van der Waals surface area contributed by atoms with Crippen LogP contribution in [0.3, 0.4) is 0 Å². The molecular formula is C18H23NO. The van der Waals surface area contributed by atoms with E-state index in [1.165, 1.54) is 5.56 Å². The van der Waals surface area contributed by atoms with Crippen LogP contribution in [0, 0.1) is 0 Å². The Morgan fingerprint density at radius 2 is 1.65 bits per heavy atom. The summed E-state index contributed by atoms with van der Waals surface area (Å²) in [6.45, 7) is 6.46. The van der Waals surface area contributed by atoms with Gasteiger partial charge in [0.05, 0.1) is 0 Å². The molecule has 0 aliphatic carbocycles. The van der Waals surface area contributed by atoms with Gasteiger partial charge in [-0.05, 0) is 47.7 Å². The first kappa shape index (κ1) is 14.6. The molecule has 106 valence electrons. The van der Waals surface area contributed by atoms with E-state index >= 15 is 0 Å². The molecule has 0 amide bonds. The summed E-state index contributed by atoms with van der Waals surface area (Å²) in [5.74, 6) is 2.23. The van der Waals surface area contributed by atoms with Gasteiger partial charge in [0.2, 0.25) is 0 Å². The first-order valence-corrected chi connectivity index (χ1v) is 7.23. The van der Waals surface area contributed by atoms with E-state index in [1.54, 1.807) is 0 Å². The molecule has 0 radical (unpaired) electrons. The fourth-order valence-corrected chi connectivity index (χ4v) is 2.10. The molecule has 2 nitrogen and oxygen atoms in total. The van der Waals surface area contributed by atoms with E-state index in [0.717, 1.165) is 23.5 Å². The van der Waals surface area contributed by atoms with Gasteiger partial charge < -0.3 is 10.5 Å². The van der Waals surface area contributed by atoms with E-state index in [0.29, 0.717) is 5.92 Å². The molecule has 0 aliphatic rings. The largest absolute Gasteiger partial charge is 0.457 e. The lowest BCUT2D eigenvalue weighted by molar-refractivity contribution is 0.480. The third kappa shape index (κ3) is 3.61. The van der Waals surface area contributed by atoms with Gasteiger partial charge in [0, 0.05) is 6.04 Å². The lowest BCUT2D eigenvalue weighted by Crippen LogP contribution is -2.08. The van der Waals surface area contributed by atoms with Gasteiger partial charge in [0.1, 0.15) is 11.5 Å². The second kappa shape index (κ2) is 6.58. The maximum Gasteiger partial charge on any atom is 0.127 e. The summed E-state index contributed by atoms with van der Waals surface area (Å²) < 4.78 is 5.89. The van der Waals surface area contributed by atoms with Crippen molar-refractivity contribution >= 4 is 0 Å². The highest BCUT2D eigenvalue weighted by Crippen LogP contribution is 2.26. The molecule has 0 heterocycles. The van der Waals surface area contributed by atoms with Crippen LogP contribution in [0.25, 0.3) is 0 Å². The Bertz CT molecular complexity index is 546. The second-order valence-electron chi connectivity index (χ2n) is 5.41. The minimum absolute atomic E-state index is 0.0712. The number of hydrogen-bond donors (Lipinski definition) is 1. The Hall–Kier alpha value is -1.80. The van der Waals surface area contributed by atoms with Crippen LogP contribution in [0.15, 0.2) is 48.5 Å². The molecule has 0 aliphatic heterocycles. The van der Waals surface area contributed by atoms with Crippen molar-refractivity contribution < 1.29 is 4.74 Å². The maximum absolute atomic E-state index is 6.05. The van der Waals surface area contributed by atoms with Crippen molar-refractivity contribution in [2.24, 2.45) is 5.73 Å². The van der Waals surface area contributed by atoms with Crippen molar-refractivity contribution in [3.8, 4) is 11.5 Å². The summed E-state index contributed by atoms with van der Waals surface area (Å²) in [4.78, 5) is 0. The van der Waals surface area contributed by atoms with E-state index in [4.69, 9.17) is 10.5 Å². The van der Waals surface area contributed by atoms with Gasteiger partial charge in [-0.2, -0.15) is 0 Å². The quantitative estimate of drug-likeness (QED) is 0.827. The molecule has 0 saturated carbocycles. The Labute approximate surface area is 121 Å². The van der Waals surface area contributed by atoms with Crippen LogP contribution in [0.1, 0.15) is 50.3 Å². The van der Waals surface area contributed by atoms with E-state index < -0.39 is 0 Å². The predicted octanol–water partition coefficient (Wildman–Crippen LogP) is 5.01. The standard InChI is InChI=1S/C18H23NO/c1-4-18(19)15-6-5-7-17(12-15)20-16-10-8-14(9-11-16)13(2)3/h5-13,18H,4,19H2,1-3H3. The number of nitrogens with two attached hydrogens (primary N) is 1. The third-order valence-corrected chi connectivity index (χ3v) is 3.51. The van der Waals surface area contributed by atoms with Gasteiger partial charge in [-0.25, -0.2) is 0 Å². The topological polar surface area (TPSA) is 35.2 Å². The van der Waals surface area contributed by atoms with Crippen molar-refractivity contribution in [1.29, 1.82) is 0 Å². The number of ether oxygens (including phenoxy) is 1. The molecule has 2 aromatic rings. The van der Waals surface area contributed by atoms with E-state index in [2.05, 4.69) is 32.9 Å². The number of benzene rings is 2. The molecule has 2 N–H and O–H groups in total. The van der Waals surface area contributed by atoms with Crippen LogP contribution in [-0.2, 0) is 0 Å². The highest BCUT2D eigenvalue weighted by atomic mass is 16.5. The molecule has 1 unspecified atom stereocenters. The van der Waals surface area contributed by atoms with Crippen molar-refractivity contribution in [2.45, 2.75) is 39.2 Å². The zero-order valence-electron chi connectivity index (χ0n) is 12.5. The smallest absolute Gasteiger partial charge is 0.127 e. The lowest BCUT2D eigenvalue weighted by atomic mass is 10.0. The molecule has 1 atom stereocenters. The van der Waals surface area contributed by atoms with Crippen LogP contribution < -0.4 is 10.5 Å². The van der Waals surface area contributed by atoms with Crippen molar-refractivity contribution in [2.75, 3.05) is 0 Å². The van der Waals surface area contributed by atoms with E-state index in [9.17, 15) is 0 Å². The summed E-state index contributed by atoms with van der Waals surface area (Å²) in [5.41, 5.74) is 8.49. The van der Waals surface area contributed by atoms with Crippen molar-refractivity contribution in [1.82, 2.24) is 0 Å². The molecule has 0 aromatic heterocycles. The van der Waals surface area contributed by atoms with E-state index in [-0.39, 0.29) is 6.04 Å². The monoisotopic (exact) mass is 269 g/mol. The molecule has 2 rings (SSSR count). The highest BCUT2D eigenvalue weighted by Gasteiger charge is 2.05. The van der Waals surface area contributed by atoms with Crippen LogP contribution in [0.5, 0.6) is 11.5 Å². The van der Waals surface area contributed by atoms with Gasteiger partial charge in [-0.1, -0.05) is 45.0 Å². The highest BCUT2D eigenvalue weighted by molar-refractivity contribution is 5.36. The lowest BCUT2D eigenvalue weighted by Gasteiger charge is -2.12. The Kier molecular flexibility index (Phi) is 4.80. The normalized spacial score (nSPS) is 12.4. The van der Waals surface area contributed by atoms with Crippen LogP contribution in [0.4, 0.5) is 0 Å². The molecule has 2 aromatic carbocycles. The van der Waals surface area contributed by atoms with Crippen LogP contribution >= 0.6 is 0 Å². The molecule has 2 heteroatoms. The van der Waals surface area contributed by atoms with Crippen LogP contribution in [0.2, 0.25) is 0 Å². The van der Waals surface area contributed by atoms with Crippen molar-refractivity contribution in [3.63, 3.8) is 0 Å². The molecule has 0 spiro atoms. The molecule has 0 bridgehead atoms. The third-order valence-electron chi connectivity index (χ3n) is 3.51. The Morgan fingerprint density at radius 1 is 0.950 bits per heavy atom. The zero-order valence-corrected chi connectivity index (χ0v) is 12.5. The van der Waals surface area contributed by atoms with E-state index in [1.807, 2.05) is 36.4 Å². The summed E-state index contributed by atoms with van der Waals surface area (Å²) in [7, 11) is 0. The SMILES string of the molecule is CCC(N)c1cccc(Oc2ccc(C(C)C)cc2)c1. The zero-order chi connectivity index (χ0) is 14.5. The minimum Gasteiger partial charge on any atom is -0.457 e. The molecular weight excluding hydrogens is 246 g/mol. The maximum atomic E-state index is 6.05. The molecule has 0 fully saturated rings. The first-order valence-electron chi connectivity index (χ1n) is 7.23. The number of hydrogen-bond acceptors (Lipinski definition) is 2. The summed E-state index contributed by atoms with van der Waals surface area (Å²) in [6.07, 6.45) is 0.923. The van der Waals surface area contributed by atoms with Gasteiger partial charge in [-0.3, -0.25) is 0 Å². The second-order valence-corrected chi connectivity index (χ2v) is 5.41. The molecule has 20 heavy (non-hydrogen) atoms. The first-order chi connectivity index (χ1) is 9.60. The van der Waals surface area contributed by atoms with Crippen LogP contribution in [-0.4, -0.2) is 0 Å². The fourth-order valence-electron chi connectivity index (χ4n) is 2.10. The average Bonchev–Trinajstić information content (AvgIpc) is 2.47. The van der Waals surface area contributed by atoms with Crippen molar-refractivity contribution in [3.05, 3.63) is 59.7 Å². The summed E-state index contributed by atoms with van der Waals surface area (Å²) >= 11 is 0. The van der Waals surface area contributed by atoms with Gasteiger partial charge >= 0.3 is 0 Å². The Morgan fingerprint density at radius 3 is 2.25 bits per heavy atom.